The van der Waals surface area contributed by atoms with Gasteiger partial charge in [-0.2, -0.15) is 4.98 Å². The van der Waals surface area contributed by atoms with Gasteiger partial charge in [-0.15, -0.1) is 0 Å². The highest BCUT2D eigenvalue weighted by Crippen LogP contribution is 2.21. The van der Waals surface area contributed by atoms with E-state index in [1.165, 1.54) is 5.56 Å². The molecule has 3 aromatic rings. The first-order valence-electron chi connectivity index (χ1n) is 7.76. The Kier molecular flexibility index (Phi) is 5.38. The number of aromatic nitrogens is 3. The zero-order chi connectivity index (χ0) is 16.8. The number of benzene rings is 1. The molecule has 1 aromatic carbocycles. The van der Waals surface area contributed by atoms with E-state index in [-0.39, 0.29) is 0 Å². The van der Waals surface area contributed by atoms with Gasteiger partial charge in [0.2, 0.25) is 5.95 Å². The molecule has 0 saturated carbocycles. The predicted octanol–water partition coefficient (Wildman–Crippen LogP) is 4.35. The van der Waals surface area contributed by atoms with E-state index in [0.717, 1.165) is 28.1 Å². The van der Waals surface area contributed by atoms with Crippen molar-refractivity contribution in [2.24, 2.45) is 0 Å². The summed E-state index contributed by atoms with van der Waals surface area (Å²) in [6.45, 7) is 3.49. The zero-order valence-corrected chi connectivity index (χ0v) is 14.9. The van der Waals surface area contributed by atoms with Gasteiger partial charge in [0.1, 0.15) is 5.82 Å². The molecule has 24 heavy (non-hydrogen) atoms. The van der Waals surface area contributed by atoms with Crippen LogP contribution >= 0.6 is 15.9 Å². The summed E-state index contributed by atoms with van der Waals surface area (Å²) in [5.74, 6) is 1.39. The summed E-state index contributed by atoms with van der Waals surface area (Å²) in [6.07, 6.45) is 3.55. The van der Waals surface area contributed by atoms with Gasteiger partial charge >= 0.3 is 0 Å². The zero-order valence-electron chi connectivity index (χ0n) is 13.3. The van der Waals surface area contributed by atoms with Crippen molar-refractivity contribution in [3.63, 3.8) is 0 Å². The lowest BCUT2D eigenvalue weighted by atomic mass is 10.2. The largest absolute Gasteiger partial charge is 0.366 e. The third kappa shape index (κ3) is 4.29. The van der Waals surface area contributed by atoms with Gasteiger partial charge in [-0.05, 0) is 36.8 Å². The fourth-order valence-corrected chi connectivity index (χ4v) is 2.50. The van der Waals surface area contributed by atoms with Crippen LogP contribution in [-0.2, 0) is 6.54 Å². The Labute approximate surface area is 149 Å². The van der Waals surface area contributed by atoms with Crippen LogP contribution in [0, 0.1) is 0 Å². The molecule has 0 spiro atoms. The Hall–Kier alpha value is -2.47. The Balaban J connectivity index is 1.83. The molecule has 0 bridgehead atoms. The molecule has 2 aromatic heterocycles. The molecule has 0 amide bonds. The van der Waals surface area contributed by atoms with Crippen molar-refractivity contribution in [2.45, 2.75) is 13.5 Å². The number of rotatable bonds is 6. The minimum absolute atomic E-state index is 0.608. The molecule has 2 N–H and O–H groups in total. The number of nitrogens with one attached hydrogen (secondary N) is 2. The topological polar surface area (TPSA) is 62.7 Å². The molecule has 5 nitrogen and oxygen atoms in total. The van der Waals surface area contributed by atoms with Crippen LogP contribution in [0.5, 0.6) is 0 Å². The summed E-state index contributed by atoms with van der Waals surface area (Å²) in [6, 6.07) is 14.0. The first-order chi connectivity index (χ1) is 11.7. The highest BCUT2D eigenvalue weighted by atomic mass is 79.9. The highest BCUT2D eigenvalue weighted by molar-refractivity contribution is 9.10. The quantitative estimate of drug-likeness (QED) is 0.662. The molecule has 0 saturated heterocycles. The van der Waals surface area contributed by atoms with E-state index in [1.54, 1.807) is 12.4 Å². The van der Waals surface area contributed by atoms with Gasteiger partial charge in [-0.1, -0.05) is 28.1 Å². The highest BCUT2D eigenvalue weighted by Gasteiger charge is 2.06. The second kappa shape index (κ2) is 7.88. The van der Waals surface area contributed by atoms with Gasteiger partial charge in [0.25, 0.3) is 0 Å². The molecule has 3 rings (SSSR count). The van der Waals surface area contributed by atoms with Crippen LogP contribution in [0.4, 0.5) is 11.8 Å². The second-order valence-corrected chi connectivity index (χ2v) is 6.13. The van der Waals surface area contributed by atoms with E-state index in [0.29, 0.717) is 12.5 Å². The third-order valence-electron chi connectivity index (χ3n) is 3.41. The first-order valence-corrected chi connectivity index (χ1v) is 8.55. The lowest BCUT2D eigenvalue weighted by Crippen LogP contribution is -2.07. The fourth-order valence-electron chi connectivity index (χ4n) is 2.23. The number of anilines is 2. The average molecular weight is 384 g/mol. The Morgan fingerprint density at radius 1 is 1.04 bits per heavy atom. The first kappa shape index (κ1) is 16.4. The molecule has 122 valence electrons. The van der Waals surface area contributed by atoms with E-state index >= 15 is 0 Å². The van der Waals surface area contributed by atoms with Gasteiger partial charge in [-0.3, -0.25) is 4.98 Å². The lowest BCUT2D eigenvalue weighted by Gasteiger charge is -2.11. The van der Waals surface area contributed by atoms with Gasteiger partial charge < -0.3 is 10.6 Å². The van der Waals surface area contributed by atoms with Crippen molar-refractivity contribution in [1.29, 1.82) is 0 Å². The maximum absolute atomic E-state index is 4.55. The minimum Gasteiger partial charge on any atom is -0.366 e. The molecule has 0 unspecified atom stereocenters. The predicted molar refractivity (Wildman–Crippen MR) is 101 cm³/mol. The van der Waals surface area contributed by atoms with Crippen molar-refractivity contribution >= 4 is 27.7 Å². The van der Waals surface area contributed by atoms with Crippen molar-refractivity contribution < 1.29 is 0 Å². The summed E-state index contributed by atoms with van der Waals surface area (Å²) >= 11 is 3.45. The molecular formula is C18H18BrN5. The van der Waals surface area contributed by atoms with Crippen LogP contribution in [0.1, 0.15) is 12.5 Å². The Morgan fingerprint density at radius 2 is 1.88 bits per heavy atom. The normalized spacial score (nSPS) is 10.4. The van der Waals surface area contributed by atoms with Crippen LogP contribution in [-0.4, -0.2) is 21.5 Å². The summed E-state index contributed by atoms with van der Waals surface area (Å²) < 4.78 is 1.07. The summed E-state index contributed by atoms with van der Waals surface area (Å²) in [4.78, 5) is 13.2. The number of pyridine rings is 1. The standard InChI is InChI=1S/C18H18BrN5/c1-2-21-18-23-16(14-4-3-9-20-12-14)10-17(24-18)22-11-13-5-7-15(19)8-6-13/h3-10,12H,2,11H2,1H3,(H2,21,22,23,24). The van der Waals surface area contributed by atoms with Crippen LogP contribution in [0.15, 0.2) is 59.3 Å². The molecule has 0 aliphatic carbocycles. The number of hydrogen-bond acceptors (Lipinski definition) is 5. The summed E-state index contributed by atoms with van der Waals surface area (Å²) in [5, 5.41) is 6.54. The molecule has 2 heterocycles. The molecule has 0 fully saturated rings. The van der Waals surface area contributed by atoms with Gasteiger partial charge in [0.05, 0.1) is 5.69 Å². The van der Waals surface area contributed by atoms with E-state index in [1.807, 2.05) is 37.3 Å². The molecular weight excluding hydrogens is 366 g/mol. The Bertz CT molecular complexity index is 790. The van der Waals surface area contributed by atoms with E-state index in [9.17, 15) is 0 Å². The van der Waals surface area contributed by atoms with Crippen LogP contribution in [0.3, 0.4) is 0 Å². The molecule has 0 aliphatic heterocycles. The molecule has 6 heteroatoms. The minimum atomic E-state index is 0.608. The lowest BCUT2D eigenvalue weighted by molar-refractivity contribution is 1.05. The summed E-state index contributed by atoms with van der Waals surface area (Å²) in [7, 11) is 0. The van der Waals surface area contributed by atoms with Crippen molar-refractivity contribution in [2.75, 3.05) is 17.2 Å². The van der Waals surface area contributed by atoms with Crippen LogP contribution in [0.25, 0.3) is 11.3 Å². The maximum Gasteiger partial charge on any atom is 0.225 e. The van der Waals surface area contributed by atoms with Crippen LogP contribution < -0.4 is 10.6 Å². The van der Waals surface area contributed by atoms with E-state index < -0.39 is 0 Å². The van der Waals surface area contributed by atoms with Gasteiger partial charge in [-0.25, -0.2) is 4.98 Å². The molecule has 0 aliphatic rings. The Morgan fingerprint density at radius 3 is 2.58 bits per heavy atom. The van der Waals surface area contributed by atoms with Crippen molar-refractivity contribution in [3.05, 3.63) is 64.9 Å². The molecule has 0 atom stereocenters. The van der Waals surface area contributed by atoms with Gasteiger partial charge in [0, 0.05) is 41.6 Å². The SMILES string of the molecule is CCNc1nc(NCc2ccc(Br)cc2)cc(-c2cccnc2)n1. The number of hydrogen-bond donors (Lipinski definition) is 2. The van der Waals surface area contributed by atoms with Crippen LogP contribution in [0.2, 0.25) is 0 Å². The van der Waals surface area contributed by atoms with Crippen molar-refractivity contribution in [1.82, 2.24) is 15.0 Å². The number of halogens is 1. The van der Waals surface area contributed by atoms with E-state index in [4.69, 9.17) is 0 Å². The molecule has 0 radical (unpaired) electrons. The maximum atomic E-state index is 4.55. The van der Waals surface area contributed by atoms with Crippen molar-refractivity contribution in [3.8, 4) is 11.3 Å². The monoisotopic (exact) mass is 383 g/mol. The van der Waals surface area contributed by atoms with Gasteiger partial charge in [0.15, 0.2) is 0 Å². The second-order valence-electron chi connectivity index (χ2n) is 5.21. The smallest absolute Gasteiger partial charge is 0.225 e. The number of nitrogens with zero attached hydrogens (tertiary/aromatic N) is 3. The fraction of sp³-hybridized carbons (Fsp3) is 0.167. The third-order valence-corrected chi connectivity index (χ3v) is 3.93. The summed E-state index contributed by atoms with van der Waals surface area (Å²) in [5.41, 5.74) is 2.99. The van der Waals surface area contributed by atoms with E-state index in [2.05, 4.69) is 53.6 Å². The average Bonchev–Trinajstić information content (AvgIpc) is 2.62.